The number of allylic oxidation sites excluding steroid dienone is 2. The molecule has 8 heteroatoms. The van der Waals surface area contributed by atoms with E-state index in [1.54, 1.807) is 43.9 Å². The lowest BCUT2D eigenvalue weighted by atomic mass is 9.92. The van der Waals surface area contributed by atoms with E-state index >= 15 is 0 Å². The maximum Gasteiger partial charge on any atom is 0.344 e. The molecule has 2 atom stereocenters. The van der Waals surface area contributed by atoms with Gasteiger partial charge in [-0.3, -0.25) is 10.1 Å². The number of nitrogens with one attached hydrogen (secondary N) is 1. The van der Waals surface area contributed by atoms with E-state index in [9.17, 15) is 9.59 Å². The molecule has 0 saturated heterocycles. The lowest BCUT2D eigenvalue weighted by Crippen LogP contribution is -2.34. The lowest BCUT2D eigenvalue weighted by molar-refractivity contribution is -0.145. The molecule has 7 nitrogen and oxygen atoms in total. The van der Waals surface area contributed by atoms with Crippen LogP contribution in [0.25, 0.3) is 11.3 Å². The van der Waals surface area contributed by atoms with Gasteiger partial charge < -0.3 is 14.2 Å². The molecule has 2 aromatic rings. The topological polar surface area (TPSA) is 86.8 Å². The number of fused-ring (bicyclic) bond motifs is 1. The van der Waals surface area contributed by atoms with Crippen LogP contribution in [0.1, 0.15) is 0 Å². The van der Waals surface area contributed by atoms with E-state index < -0.39 is 11.9 Å². The van der Waals surface area contributed by atoms with Crippen molar-refractivity contribution in [2.24, 2.45) is 5.92 Å². The van der Waals surface area contributed by atoms with Crippen molar-refractivity contribution in [1.29, 1.82) is 0 Å². The number of methoxy groups -OCH3 is 2. The second-order valence-electron chi connectivity index (χ2n) is 6.36. The van der Waals surface area contributed by atoms with E-state index in [1.165, 1.54) is 11.3 Å². The van der Waals surface area contributed by atoms with Crippen LogP contribution >= 0.6 is 11.3 Å². The molecule has 29 heavy (non-hydrogen) atoms. The summed E-state index contributed by atoms with van der Waals surface area (Å²) in [7, 11) is 3.15. The summed E-state index contributed by atoms with van der Waals surface area (Å²) in [6, 6.07) is 5.40. The first kappa shape index (κ1) is 18.9. The first-order valence-electron chi connectivity index (χ1n) is 8.86. The minimum Gasteiger partial charge on any atom is -0.497 e. The molecule has 2 unspecified atom stereocenters. The molecule has 1 aliphatic heterocycles. The minimum atomic E-state index is -0.641. The standard InChI is InChI=1S/C21H18N2O5S/c1-26-13-7-8-14(18(10-13)27-2)16-11-29-21(22-16)23-19(24)15-9-12-5-3-4-6-17(12)28-20(15)25/h3-12,17H,1-2H3,(H,22,23,24). The predicted molar refractivity (Wildman–Crippen MR) is 109 cm³/mol. The highest BCUT2D eigenvalue weighted by molar-refractivity contribution is 7.14. The molecular weight excluding hydrogens is 392 g/mol. The molecule has 0 fully saturated rings. The van der Waals surface area contributed by atoms with Gasteiger partial charge in [-0.25, -0.2) is 9.78 Å². The quantitative estimate of drug-likeness (QED) is 0.601. The highest BCUT2D eigenvalue weighted by Crippen LogP contribution is 2.35. The molecule has 0 radical (unpaired) electrons. The zero-order valence-corrected chi connectivity index (χ0v) is 16.6. The summed E-state index contributed by atoms with van der Waals surface area (Å²) in [6.45, 7) is 0. The molecule has 0 saturated carbocycles. The number of benzene rings is 1. The number of hydrogen-bond acceptors (Lipinski definition) is 7. The molecule has 1 N–H and O–H groups in total. The normalized spacial score (nSPS) is 19.8. The Morgan fingerprint density at radius 3 is 2.83 bits per heavy atom. The van der Waals surface area contributed by atoms with Crippen molar-refractivity contribution in [3.05, 3.63) is 59.5 Å². The van der Waals surface area contributed by atoms with Gasteiger partial charge >= 0.3 is 5.97 Å². The molecule has 0 spiro atoms. The first-order chi connectivity index (χ1) is 14.1. The highest BCUT2D eigenvalue weighted by atomic mass is 32.1. The van der Waals surface area contributed by atoms with Gasteiger partial charge in [0.15, 0.2) is 5.13 Å². The molecule has 2 aliphatic rings. The Balaban J connectivity index is 1.53. The molecule has 1 aliphatic carbocycles. The van der Waals surface area contributed by atoms with Crippen molar-refractivity contribution in [1.82, 2.24) is 4.98 Å². The van der Waals surface area contributed by atoms with E-state index in [-0.39, 0.29) is 17.6 Å². The van der Waals surface area contributed by atoms with E-state index in [0.717, 1.165) is 5.56 Å². The van der Waals surface area contributed by atoms with Crippen LogP contribution in [-0.4, -0.2) is 37.2 Å². The van der Waals surface area contributed by atoms with Gasteiger partial charge in [-0.2, -0.15) is 0 Å². The van der Waals surface area contributed by atoms with Crippen molar-refractivity contribution < 1.29 is 23.8 Å². The molecule has 0 bridgehead atoms. The Hall–Kier alpha value is -3.39. The second kappa shape index (κ2) is 7.92. The van der Waals surface area contributed by atoms with Gasteiger partial charge in [-0.05, 0) is 18.2 Å². The molecule has 1 aromatic heterocycles. The summed E-state index contributed by atoms with van der Waals surface area (Å²) in [5, 5.41) is 4.86. The fourth-order valence-corrected chi connectivity index (χ4v) is 3.82. The number of rotatable bonds is 5. The lowest BCUT2D eigenvalue weighted by Gasteiger charge is -2.26. The van der Waals surface area contributed by atoms with Crippen LogP contribution in [0.5, 0.6) is 11.5 Å². The highest BCUT2D eigenvalue weighted by Gasteiger charge is 2.33. The van der Waals surface area contributed by atoms with Crippen molar-refractivity contribution in [2.75, 3.05) is 19.5 Å². The van der Waals surface area contributed by atoms with E-state index in [1.807, 2.05) is 24.3 Å². The van der Waals surface area contributed by atoms with E-state index in [4.69, 9.17) is 14.2 Å². The molecule has 4 rings (SSSR count). The third-order valence-corrected chi connectivity index (χ3v) is 5.36. The summed E-state index contributed by atoms with van der Waals surface area (Å²) in [5.74, 6) is -0.0542. The number of nitrogens with zero attached hydrogens (tertiary/aromatic N) is 1. The fraction of sp³-hybridized carbons (Fsp3) is 0.190. The molecule has 1 aromatic carbocycles. The summed E-state index contributed by atoms with van der Waals surface area (Å²) in [6.07, 6.45) is 8.63. The Morgan fingerprint density at radius 2 is 2.03 bits per heavy atom. The van der Waals surface area contributed by atoms with Crippen LogP contribution in [0, 0.1) is 5.92 Å². The van der Waals surface area contributed by atoms with Crippen molar-refractivity contribution in [3.8, 4) is 22.8 Å². The summed E-state index contributed by atoms with van der Waals surface area (Å²) in [4.78, 5) is 29.3. The number of carbonyl (C=O) groups is 2. The summed E-state index contributed by atoms with van der Waals surface area (Å²) < 4.78 is 16.0. The Kier molecular flexibility index (Phi) is 5.18. The number of amides is 1. The third-order valence-electron chi connectivity index (χ3n) is 4.60. The zero-order chi connectivity index (χ0) is 20.4. The number of aromatic nitrogens is 1. The largest absolute Gasteiger partial charge is 0.497 e. The monoisotopic (exact) mass is 410 g/mol. The van der Waals surface area contributed by atoms with Gasteiger partial charge in [0.05, 0.1) is 19.9 Å². The number of thiazole rings is 1. The smallest absolute Gasteiger partial charge is 0.344 e. The zero-order valence-electron chi connectivity index (χ0n) is 15.7. The molecule has 148 valence electrons. The van der Waals surface area contributed by atoms with Gasteiger partial charge in [0, 0.05) is 22.9 Å². The number of anilines is 1. The minimum absolute atomic E-state index is 0.0232. The van der Waals surface area contributed by atoms with Crippen LogP contribution in [0.3, 0.4) is 0 Å². The van der Waals surface area contributed by atoms with Gasteiger partial charge in [-0.15, -0.1) is 11.3 Å². The van der Waals surface area contributed by atoms with E-state index in [2.05, 4.69) is 10.3 Å². The molecule has 1 amide bonds. The first-order valence-corrected chi connectivity index (χ1v) is 9.74. The van der Waals surface area contributed by atoms with Crippen LogP contribution < -0.4 is 14.8 Å². The van der Waals surface area contributed by atoms with Gasteiger partial charge in [-0.1, -0.05) is 24.3 Å². The SMILES string of the molecule is COc1ccc(-c2csc(NC(=O)C3=CC4C=CC=CC4OC3=O)n2)c(OC)c1. The third kappa shape index (κ3) is 3.79. The van der Waals surface area contributed by atoms with Gasteiger partial charge in [0.2, 0.25) is 0 Å². The Morgan fingerprint density at radius 1 is 1.21 bits per heavy atom. The van der Waals surface area contributed by atoms with Crippen molar-refractivity contribution in [2.45, 2.75) is 6.10 Å². The average Bonchev–Trinajstić information content (AvgIpc) is 3.20. The summed E-state index contributed by atoms with van der Waals surface area (Å²) >= 11 is 1.26. The number of ether oxygens (including phenoxy) is 3. The molecular formula is C21H18N2O5S. The second-order valence-corrected chi connectivity index (χ2v) is 7.21. The van der Waals surface area contributed by atoms with E-state index in [0.29, 0.717) is 22.3 Å². The fourth-order valence-electron chi connectivity index (χ4n) is 3.12. The van der Waals surface area contributed by atoms with Crippen LogP contribution in [0.2, 0.25) is 0 Å². The van der Waals surface area contributed by atoms with Crippen molar-refractivity contribution in [3.63, 3.8) is 0 Å². The van der Waals surface area contributed by atoms with Crippen LogP contribution in [0.15, 0.2) is 59.5 Å². The Bertz CT molecular complexity index is 1050. The maximum atomic E-state index is 12.6. The average molecular weight is 410 g/mol. The molecule has 2 heterocycles. The number of hydrogen-bond donors (Lipinski definition) is 1. The number of esters is 1. The maximum absolute atomic E-state index is 12.6. The van der Waals surface area contributed by atoms with Gasteiger partial charge in [0.1, 0.15) is 23.2 Å². The van der Waals surface area contributed by atoms with Crippen molar-refractivity contribution >= 4 is 28.3 Å². The Labute approximate surface area is 171 Å². The van der Waals surface area contributed by atoms with Gasteiger partial charge in [0.25, 0.3) is 5.91 Å². The summed E-state index contributed by atoms with van der Waals surface area (Å²) in [5.41, 5.74) is 1.39. The van der Waals surface area contributed by atoms with Crippen LogP contribution in [0.4, 0.5) is 5.13 Å². The number of carbonyl (C=O) groups excluding carboxylic acids is 2. The van der Waals surface area contributed by atoms with Crippen LogP contribution in [-0.2, 0) is 14.3 Å². The predicted octanol–water partition coefficient (Wildman–Crippen LogP) is 3.36.